The summed E-state index contributed by atoms with van der Waals surface area (Å²) >= 11 is 0. The van der Waals surface area contributed by atoms with Crippen LogP contribution in [0, 0.1) is 5.41 Å². The Morgan fingerprint density at radius 2 is 1.87 bits per heavy atom. The number of rotatable bonds is 4. The summed E-state index contributed by atoms with van der Waals surface area (Å²) in [5.41, 5.74) is 1.72. The zero-order valence-electron chi connectivity index (χ0n) is 10.6. The molecule has 0 atom stereocenters. The lowest BCUT2D eigenvalue weighted by Gasteiger charge is -2.30. The Bertz CT molecular complexity index is 280. The van der Waals surface area contributed by atoms with Crippen LogP contribution in [0.25, 0.3) is 0 Å². The molecule has 1 aromatic heterocycles. The van der Waals surface area contributed by atoms with Gasteiger partial charge in [-0.15, -0.1) is 0 Å². The largest absolute Gasteiger partial charge is 0.472 e. The number of nitrogens with one attached hydrogen (secondary N) is 1. The molecule has 0 saturated carbocycles. The van der Waals surface area contributed by atoms with Gasteiger partial charge in [0.05, 0.1) is 12.5 Å². The molecule has 2 heteroatoms. The van der Waals surface area contributed by atoms with E-state index >= 15 is 0 Å². The van der Waals surface area contributed by atoms with Crippen LogP contribution in [0.1, 0.15) is 40.2 Å². The third-order valence-electron chi connectivity index (χ3n) is 2.36. The first-order chi connectivity index (χ1) is 6.79. The Hall–Kier alpha value is -0.760. The highest BCUT2D eigenvalue weighted by Crippen LogP contribution is 2.22. The Morgan fingerprint density at radius 1 is 1.20 bits per heavy atom. The van der Waals surface area contributed by atoms with Crippen LogP contribution in [0.15, 0.2) is 23.0 Å². The fourth-order valence-corrected chi connectivity index (χ4v) is 1.51. The molecular weight excluding hydrogens is 186 g/mol. The van der Waals surface area contributed by atoms with Crippen LogP contribution in [0.5, 0.6) is 0 Å². The topological polar surface area (TPSA) is 25.2 Å². The lowest BCUT2D eigenvalue weighted by Crippen LogP contribution is -2.42. The summed E-state index contributed by atoms with van der Waals surface area (Å²) in [5, 5.41) is 3.54. The zero-order chi connectivity index (χ0) is 11.5. The third kappa shape index (κ3) is 5.03. The summed E-state index contributed by atoms with van der Waals surface area (Å²) in [6.45, 7) is 12.2. The fourth-order valence-electron chi connectivity index (χ4n) is 1.51. The molecular formula is C13H23NO. The first kappa shape index (κ1) is 12.3. The van der Waals surface area contributed by atoms with Gasteiger partial charge >= 0.3 is 0 Å². The zero-order valence-corrected chi connectivity index (χ0v) is 10.6. The molecule has 0 unspecified atom stereocenters. The Morgan fingerprint density at radius 3 is 2.33 bits per heavy atom. The van der Waals surface area contributed by atoms with Crippen LogP contribution >= 0.6 is 0 Å². The van der Waals surface area contributed by atoms with Crippen molar-refractivity contribution >= 4 is 0 Å². The van der Waals surface area contributed by atoms with Crippen molar-refractivity contribution in [2.45, 2.75) is 46.6 Å². The van der Waals surface area contributed by atoms with Crippen LogP contribution in [-0.4, -0.2) is 12.1 Å². The smallest absolute Gasteiger partial charge is 0.0934 e. The first-order valence-electron chi connectivity index (χ1n) is 5.55. The van der Waals surface area contributed by atoms with Crippen LogP contribution < -0.4 is 5.32 Å². The van der Waals surface area contributed by atoms with E-state index in [1.54, 1.807) is 6.26 Å². The molecule has 86 valence electrons. The number of furan rings is 1. The lowest BCUT2D eigenvalue weighted by atomic mass is 9.86. The third-order valence-corrected chi connectivity index (χ3v) is 2.36. The van der Waals surface area contributed by atoms with Gasteiger partial charge in [0.2, 0.25) is 0 Å². The molecule has 1 heterocycles. The normalized spacial score (nSPS) is 13.1. The van der Waals surface area contributed by atoms with E-state index in [1.165, 1.54) is 5.56 Å². The monoisotopic (exact) mass is 209 g/mol. The van der Waals surface area contributed by atoms with E-state index in [4.69, 9.17) is 4.42 Å². The van der Waals surface area contributed by atoms with E-state index in [0.717, 1.165) is 13.0 Å². The average molecular weight is 209 g/mol. The molecule has 15 heavy (non-hydrogen) atoms. The molecule has 0 radical (unpaired) electrons. The van der Waals surface area contributed by atoms with Crippen LogP contribution in [0.2, 0.25) is 0 Å². The second-order valence-electron chi connectivity index (χ2n) is 6.08. The standard InChI is InChI=1S/C13H23NO/c1-12(2,3)14-10-13(4,5)8-11-6-7-15-9-11/h6-7,9,14H,8,10H2,1-5H3. The molecule has 0 spiro atoms. The summed E-state index contributed by atoms with van der Waals surface area (Å²) in [7, 11) is 0. The van der Waals surface area contributed by atoms with Crippen molar-refractivity contribution in [1.82, 2.24) is 5.32 Å². The van der Waals surface area contributed by atoms with Gasteiger partial charge in [0.15, 0.2) is 0 Å². The Kier molecular flexibility index (Phi) is 3.61. The molecule has 2 nitrogen and oxygen atoms in total. The van der Waals surface area contributed by atoms with E-state index in [-0.39, 0.29) is 11.0 Å². The predicted molar refractivity (Wildman–Crippen MR) is 63.9 cm³/mol. The van der Waals surface area contributed by atoms with Gasteiger partial charge in [-0.3, -0.25) is 0 Å². The van der Waals surface area contributed by atoms with Crippen molar-refractivity contribution in [2.75, 3.05) is 6.54 Å². The maximum absolute atomic E-state index is 5.09. The molecule has 0 bridgehead atoms. The van der Waals surface area contributed by atoms with Gasteiger partial charge in [-0.1, -0.05) is 13.8 Å². The summed E-state index contributed by atoms with van der Waals surface area (Å²) < 4.78 is 5.09. The molecule has 0 amide bonds. The van der Waals surface area contributed by atoms with Gasteiger partial charge < -0.3 is 9.73 Å². The van der Waals surface area contributed by atoms with Gasteiger partial charge in [-0.2, -0.15) is 0 Å². The quantitative estimate of drug-likeness (QED) is 0.823. The minimum atomic E-state index is 0.188. The van der Waals surface area contributed by atoms with E-state index in [9.17, 15) is 0 Å². The summed E-state index contributed by atoms with van der Waals surface area (Å²) in [6, 6.07) is 2.04. The molecule has 0 aliphatic heterocycles. The molecule has 1 N–H and O–H groups in total. The van der Waals surface area contributed by atoms with E-state index < -0.39 is 0 Å². The van der Waals surface area contributed by atoms with Crippen molar-refractivity contribution in [3.05, 3.63) is 24.2 Å². The van der Waals surface area contributed by atoms with Crippen LogP contribution in [0.3, 0.4) is 0 Å². The van der Waals surface area contributed by atoms with Crippen molar-refractivity contribution in [3.8, 4) is 0 Å². The Balaban J connectivity index is 2.45. The van der Waals surface area contributed by atoms with Crippen LogP contribution in [-0.2, 0) is 6.42 Å². The number of hydrogen-bond donors (Lipinski definition) is 1. The molecule has 0 aromatic carbocycles. The summed E-state index contributed by atoms with van der Waals surface area (Å²) in [5.74, 6) is 0. The fraction of sp³-hybridized carbons (Fsp3) is 0.692. The first-order valence-corrected chi connectivity index (χ1v) is 5.55. The highest BCUT2D eigenvalue weighted by atomic mass is 16.3. The summed E-state index contributed by atoms with van der Waals surface area (Å²) in [4.78, 5) is 0. The van der Waals surface area contributed by atoms with Crippen molar-refractivity contribution in [2.24, 2.45) is 5.41 Å². The second kappa shape index (κ2) is 4.40. The van der Waals surface area contributed by atoms with Crippen LogP contribution in [0.4, 0.5) is 0 Å². The van der Waals surface area contributed by atoms with Gasteiger partial charge in [0.1, 0.15) is 0 Å². The maximum Gasteiger partial charge on any atom is 0.0934 e. The maximum atomic E-state index is 5.09. The van der Waals surface area contributed by atoms with E-state index in [1.807, 2.05) is 12.3 Å². The highest BCUT2D eigenvalue weighted by Gasteiger charge is 2.21. The minimum absolute atomic E-state index is 0.188. The van der Waals surface area contributed by atoms with Gasteiger partial charge in [0.25, 0.3) is 0 Å². The van der Waals surface area contributed by atoms with Crippen molar-refractivity contribution in [1.29, 1.82) is 0 Å². The lowest BCUT2D eigenvalue weighted by molar-refractivity contribution is 0.288. The molecule has 1 rings (SSSR count). The van der Waals surface area contributed by atoms with Gasteiger partial charge in [-0.25, -0.2) is 0 Å². The van der Waals surface area contributed by atoms with Gasteiger partial charge in [-0.05, 0) is 44.2 Å². The Labute approximate surface area is 93.1 Å². The molecule has 0 fully saturated rings. The number of hydrogen-bond acceptors (Lipinski definition) is 2. The molecule has 1 aromatic rings. The SMILES string of the molecule is CC(C)(CNC(C)(C)C)Cc1ccoc1. The minimum Gasteiger partial charge on any atom is -0.472 e. The second-order valence-corrected chi connectivity index (χ2v) is 6.08. The average Bonchev–Trinajstić information content (AvgIpc) is 2.52. The molecule has 0 saturated heterocycles. The summed E-state index contributed by atoms with van der Waals surface area (Å²) in [6.07, 6.45) is 4.62. The van der Waals surface area contributed by atoms with E-state index in [0.29, 0.717) is 0 Å². The predicted octanol–water partition coefficient (Wildman–Crippen LogP) is 3.24. The van der Waals surface area contributed by atoms with Crippen molar-refractivity contribution in [3.63, 3.8) is 0 Å². The van der Waals surface area contributed by atoms with Crippen molar-refractivity contribution < 1.29 is 4.42 Å². The van der Waals surface area contributed by atoms with E-state index in [2.05, 4.69) is 39.9 Å². The van der Waals surface area contributed by atoms with Gasteiger partial charge in [0, 0.05) is 12.1 Å². The highest BCUT2D eigenvalue weighted by molar-refractivity contribution is 5.08. The molecule has 0 aliphatic carbocycles. The molecule has 0 aliphatic rings.